The van der Waals surface area contributed by atoms with Crippen molar-refractivity contribution < 1.29 is 27.3 Å². The average molecular weight is 395 g/mol. The largest absolute Gasteiger partial charge is 0.465 e. The molecule has 0 aromatic heterocycles. The molecule has 23 heavy (non-hydrogen) atoms. The van der Waals surface area contributed by atoms with Crippen LogP contribution in [0.5, 0.6) is 0 Å². The highest BCUT2D eigenvalue weighted by molar-refractivity contribution is 6.42. The minimum atomic E-state index is -0.511. The molecule has 0 bridgehead atoms. The van der Waals surface area contributed by atoms with Crippen LogP contribution in [-0.2, 0) is 27.3 Å². The van der Waals surface area contributed by atoms with E-state index < -0.39 is 31.5 Å². The van der Waals surface area contributed by atoms with Crippen molar-refractivity contribution in [2.75, 3.05) is 13.2 Å². The summed E-state index contributed by atoms with van der Waals surface area (Å²) in [6.07, 6.45) is 1.54. The van der Waals surface area contributed by atoms with Crippen molar-refractivity contribution in [3.05, 3.63) is 12.2 Å². The molecular weight excluding hydrogens is 364 g/mol. The van der Waals surface area contributed by atoms with Gasteiger partial charge in [-0.15, -0.1) is 0 Å². The third-order valence-electron chi connectivity index (χ3n) is 2.92. The summed E-state index contributed by atoms with van der Waals surface area (Å²) in [5.41, 5.74) is 0.152. The predicted octanol–water partition coefficient (Wildman–Crippen LogP) is -0.899. The second-order valence-electron chi connectivity index (χ2n) is 4.94. The lowest BCUT2D eigenvalue weighted by Crippen LogP contribution is -2.14. The van der Waals surface area contributed by atoms with Crippen LogP contribution in [0.3, 0.4) is 0 Å². The van der Waals surface area contributed by atoms with Gasteiger partial charge in [0.05, 0.1) is 19.6 Å². The van der Waals surface area contributed by atoms with Crippen LogP contribution < -0.4 is 0 Å². The molecule has 0 aromatic carbocycles. The van der Waals surface area contributed by atoms with Crippen molar-refractivity contribution in [1.29, 1.82) is 0 Å². The number of rotatable bonds is 15. The van der Waals surface area contributed by atoms with Crippen molar-refractivity contribution in [3.8, 4) is 0 Å². The molecule has 0 fully saturated rings. The standard InChI is InChI=1S/C13H30O6Si4/c1-11(13(15)17-7-5-9-23-19-21-3)10-12(14)16-6-4-8-22-18-20-2/h1,4-10,20-23H2,2-3H3. The van der Waals surface area contributed by atoms with Crippen LogP contribution >= 0.6 is 0 Å². The number of carbonyl (C=O) groups excluding carboxylic acids is 2. The van der Waals surface area contributed by atoms with Gasteiger partial charge < -0.3 is 17.7 Å². The quantitative estimate of drug-likeness (QED) is 0.155. The zero-order valence-corrected chi connectivity index (χ0v) is 20.1. The molecule has 134 valence electrons. The molecule has 0 N–H and O–H groups in total. The second-order valence-corrected chi connectivity index (χ2v) is 11.6. The lowest BCUT2D eigenvalue weighted by Gasteiger charge is -2.08. The summed E-state index contributed by atoms with van der Waals surface area (Å²) in [6, 6.07) is 2.03. The van der Waals surface area contributed by atoms with Crippen LogP contribution in [0.4, 0.5) is 0 Å². The molecule has 0 amide bonds. The molecule has 0 aliphatic heterocycles. The second kappa shape index (κ2) is 16.3. The van der Waals surface area contributed by atoms with Crippen LogP contribution in [0, 0.1) is 0 Å². The first-order chi connectivity index (χ1) is 11.1. The maximum Gasteiger partial charge on any atom is 0.333 e. The Morgan fingerprint density at radius 1 is 0.913 bits per heavy atom. The van der Waals surface area contributed by atoms with E-state index in [0.29, 0.717) is 13.2 Å². The molecule has 0 spiro atoms. The molecule has 0 aromatic rings. The zero-order valence-electron chi connectivity index (χ0n) is 14.4. The monoisotopic (exact) mass is 394 g/mol. The molecule has 10 heteroatoms. The Balaban J connectivity index is 3.61. The number of esters is 2. The van der Waals surface area contributed by atoms with Crippen molar-refractivity contribution in [2.24, 2.45) is 0 Å². The molecule has 0 atom stereocenters. The third-order valence-corrected chi connectivity index (χ3v) is 10.1. The molecule has 0 saturated heterocycles. The van der Waals surface area contributed by atoms with E-state index in [1.807, 2.05) is 0 Å². The Morgan fingerprint density at radius 2 is 1.43 bits per heavy atom. The summed E-state index contributed by atoms with van der Waals surface area (Å²) in [5, 5.41) is 0. The molecule has 0 radical (unpaired) electrons. The van der Waals surface area contributed by atoms with E-state index in [0.717, 1.165) is 24.9 Å². The van der Waals surface area contributed by atoms with Gasteiger partial charge in [-0.2, -0.15) is 0 Å². The van der Waals surface area contributed by atoms with Crippen LogP contribution in [0.25, 0.3) is 0 Å². The van der Waals surface area contributed by atoms with E-state index in [4.69, 9.17) is 17.7 Å². The van der Waals surface area contributed by atoms with Crippen molar-refractivity contribution in [3.63, 3.8) is 0 Å². The van der Waals surface area contributed by atoms with Gasteiger partial charge in [0.25, 0.3) is 0 Å². The smallest absolute Gasteiger partial charge is 0.333 e. The fraction of sp³-hybridized carbons (Fsp3) is 0.692. The Hall–Kier alpha value is -0.532. The molecule has 0 saturated carbocycles. The Kier molecular flexibility index (Phi) is 16.0. The molecule has 0 unspecified atom stereocenters. The fourth-order valence-electron chi connectivity index (χ4n) is 1.65. The Labute approximate surface area is 148 Å². The summed E-state index contributed by atoms with van der Waals surface area (Å²) >= 11 is 0. The summed E-state index contributed by atoms with van der Waals surface area (Å²) in [7, 11) is -1.41. The van der Waals surface area contributed by atoms with Gasteiger partial charge in [0.15, 0.2) is 0 Å². The van der Waals surface area contributed by atoms with E-state index in [2.05, 4.69) is 19.7 Å². The zero-order chi connectivity index (χ0) is 17.3. The van der Waals surface area contributed by atoms with E-state index in [-0.39, 0.29) is 31.5 Å². The number of hydrogen-bond donors (Lipinski definition) is 0. The molecule has 0 aliphatic rings. The molecular formula is C13H30O6Si4. The average Bonchev–Trinajstić information content (AvgIpc) is 2.53. The van der Waals surface area contributed by atoms with Gasteiger partial charge in [0, 0.05) is 5.57 Å². The lowest BCUT2D eigenvalue weighted by atomic mass is 10.2. The Morgan fingerprint density at radius 3 is 1.96 bits per heavy atom. The highest BCUT2D eigenvalue weighted by Crippen LogP contribution is 2.05. The maximum atomic E-state index is 11.7. The van der Waals surface area contributed by atoms with E-state index >= 15 is 0 Å². The van der Waals surface area contributed by atoms with Crippen LogP contribution in [0.1, 0.15) is 19.3 Å². The van der Waals surface area contributed by atoms with Crippen molar-refractivity contribution in [2.45, 2.75) is 44.4 Å². The van der Waals surface area contributed by atoms with Gasteiger partial charge in [-0.05, 0) is 24.9 Å². The minimum absolute atomic E-state index is 0.103. The highest BCUT2D eigenvalue weighted by atomic mass is 28.3. The minimum Gasteiger partial charge on any atom is -0.465 e. The first kappa shape index (κ1) is 22.5. The van der Waals surface area contributed by atoms with Crippen LogP contribution in [0.2, 0.25) is 25.2 Å². The maximum absolute atomic E-state index is 11.7. The van der Waals surface area contributed by atoms with Gasteiger partial charge in [0.2, 0.25) is 0 Å². The fourth-order valence-corrected chi connectivity index (χ4v) is 6.41. The SMILES string of the molecule is C=C(CC(=O)OCCC[SiH2]O[SiH2]C)C(=O)OCCC[SiH2]O[SiH2]C. The summed E-state index contributed by atoms with van der Waals surface area (Å²) in [4.78, 5) is 23.2. The molecule has 0 heterocycles. The highest BCUT2D eigenvalue weighted by Gasteiger charge is 2.14. The summed E-state index contributed by atoms with van der Waals surface area (Å²) < 4.78 is 21.1. The van der Waals surface area contributed by atoms with Crippen LogP contribution in [-0.4, -0.2) is 64.2 Å². The van der Waals surface area contributed by atoms with E-state index in [1.54, 1.807) is 0 Å². The van der Waals surface area contributed by atoms with Gasteiger partial charge in [-0.25, -0.2) is 4.79 Å². The number of carbonyl (C=O) groups is 2. The molecule has 0 aliphatic carbocycles. The van der Waals surface area contributed by atoms with Crippen LogP contribution in [0.15, 0.2) is 12.2 Å². The summed E-state index contributed by atoms with van der Waals surface area (Å²) in [5.74, 6) is -0.934. The first-order valence-electron chi connectivity index (χ1n) is 8.27. The van der Waals surface area contributed by atoms with Gasteiger partial charge in [-0.3, -0.25) is 4.79 Å². The van der Waals surface area contributed by atoms with Gasteiger partial charge in [-0.1, -0.05) is 19.7 Å². The van der Waals surface area contributed by atoms with Crippen molar-refractivity contribution >= 4 is 51.0 Å². The van der Waals surface area contributed by atoms with Gasteiger partial charge >= 0.3 is 11.9 Å². The van der Waals surface area contributed by atoms with E-state index in [1.165, 1.54) is 0 Å². The molecule has 0 rings (SSSR count). The Bertz CT molecular complexity index is 353. The number of hydrogen-bond acceptors (Lipinski definition) is 6. The first-order valence-corrected chi connectivity index (χ1v) is 15.4. The third kappa shape index (κ3) is 14.8. The van der Waals surface area contributed by atoms with Gasteiger partial charge in [0.1, 0.15) is 39.1 Å². The number of ether oxygens (including phenoxy) is 2. The normalized spacial score (nSPS) is 12.4. The lowest BCUT2D eigenvalue weighted by molar-refractivity contribution is -0.146. The topological polar surface area (TPSA) is 71.1 Å². The molecule has 6 nitrogen and oxygen atoms in total. The summed E-state index contributed by atoms with van der Waals surface area (Å²) in [6.45, 7) is 8.56. The van der Waals surface area contributed by atoms with E-state index in [9.17, 15) is 9.59 Å². The predicted molar refractivity (Wildman–Crippen MR) is 103 cm³/mol. The van der Waals surface area contributed by atoms with Crippen molar-refractivity contribution in [1.82, 2.24) is 0 Å².